The topological polar surface area (TPSA) is 112 Å². The molecule has 1 rings (SSSR count). The SMILES string of the molecule is C#CCC(C)NS(=O)(=O)c1[nH]ncc1C(=O)O. The lowest BCUT2D eigenvalue weighted by Crippen LogP contribution is -2.33. The van der Waals surface area contributed by atoms with Gasteiger partial charge in [0.05, 0.1) is 6.20 Å². The molecule has 0 bridgehead atoms. The van der Waals surface area contributed by atoms with Gasteiger partial charge in [0.15, 0.2) is 5.03 Å². The molecule has 0 fully saturated rings. The van der Waals surface area contributed by atoms with Gasteiger partial charge in [-0.3, -0.25) is 5.10 Å². The number of hydrogen-bond acceptors (Lipinski definition) is 4. The number of H-pyrrole nitrogens is 1. The van der Waals surface area contributed by atoms with Crippen LogP contribution < -0.4 is 4.72 Å². The summed E-state index contributed by atoms with van der Waals surface area (Å²) in [6.45, 7) is 1.58. The molecule has 92 valence electrons. The summed E-state index contributed by atoms with van der Waals surface area (Å²) in [5.41, 5.74) is -0.412. The predicted molar refractivity (Wildman–Crippen MR) is 58.8 cm³/mol. The first-order valence-corrected chi connectivity index (χ1v) is 6.09. The van der Waals surface area contributed by atoms with E-state index in [0.717, 1.165) is 6.20 Å². The van der Waals surface area contributed by atoms with Crippen molar-refractivity contribution in [2.75, 3.05) is 0 Å². The van der Waals surface area contributed by atoms with Crippen LogP contribution in [0.4, 0.5) is 0 Å². The van der Waals surface area contributed by atoms with Gasteiger partial charge in [-0.25, -0.2) is 17.9 Å². The highest BCUT2D eigenvalue weighted by atomic mass is 32.2. The van der Waals surface area contributed by atoms with Gasteiger partial charge in [-0.1, -0.05) is 0 Å². The second-order valence-electron chi connectivity index (χ2n) is 3.35. The summed E-state index contributed by atoms with van der Waals surface area (Å²) in [6, 6.07) is -0.491. The lowest BCUT2D eigenvalue weighted by molar-refractivity contribution is 0.0692. The van der Waals surface area contributed by atoms with E-state index < -0.39 is 32.6 Å². The average molecular weight is 257 g/mol. The summed E-state index contributed by atoms with van der Waals surface area (Å²) in [5, 5.41) is 13.8. The lowest BCUT2D eigenvalue weighted by Gasteiger charge is -2.10. The Bertz CT molecular complexity index is 555. The van der Waals surface area contributed by atoms with E-state index in [1.54, 1.807) is 6.92 Å². The monoisotopic (exact) mass is 257 g/mol. The first-order chi connectivity index (χ1) is 7.88. The van der Waals surface area contributed by atoms with E-state index in [9.17, 15) is 13.2 Å². The number of carboxylic acids is 1. The molecule has 8 heteroatoms. The van der Waals surface area contributed by atoms with Crippen molar-refractivity contribution in [3.05, 3.63) is 11.8 Å². The number of carboxylic acid groups (broad SMARTS) is 1. The van der Waals surface area contributed by atoms with Crippen LogP contribution in [0.15, 0.2) is 11.2 Å². The molecule has 0 aromatic carbocycles. The second kappa shape index (κ2) is 4.99. The zero-order valence-electron chi connectivity index (χ0n) is 8.97. The highest BCUT2D eigenvalue weighted by Gasteiger charge is 2.25. The summed E-state index contributed by atoms with van der Waals surface area (Å²) in [4.78, 5) is 10.8. The van der Waals surface area contributed by atoms with Gasteiger partial charge in [-0.15, -0.1) is 12.3 Å². The van der Waals surface area contributed by atoms with E-state index in [-0.39, 0.29) is 6.42 Å². The predicted octanol–water partition coefficient (Wildman–Crippen LogP) is -0.202. The van der Waals surface area contributed by atoms with Crippen LogP contribution in [0.3, 0.4) is 0 Å². The van der Waals surface area contributed by atoms with Crippen molar-refractivity contribution in [2.24, 2.45) is 0 Å². The van der Waals surface area contributed by atoms with Crippen LogP contribution >= 0.6 is 0 Å². The van der Waals surface area contributed by atoms with Crippen LogP contribution in [0.2, 0.25) is 0 Å². The largest absolute Gasteiger partial charge is 0.478 e. The summed E-state index contributed by atoms with van der Waals surface area (Å²) in [5.74, 6) is 0.932. The number of terminal acetylenes is 1. The molecule has 0 amide bonds. The Hall–Kier alpha value is -1.85. The standard InChI is InChI=1S/C9H11N3O4S/c1-3-4-6(2)12-17(15,16)8-7(9(13)14)5-10-11-8/h1,5-6,12H,4H2,2H3,(H,10,11)(H,13,14). The van der Waals surface area contributed by atoms with Crippen molar-refractivity contribution in [1.82, 2.24) is 14.9 Å². The van der Waals surface area contributed by atoms with Crippen molar-refractivity contribution in [2.45, 2.75) is 24.4 Å². The molecule has 1 aromatic rings. The van der Waals surface area contributed by atoms with Gasteiger partial charge in [0, 0.05) is 12.5 Å². The maximum absolute atomic E-state index is 11.8. The molecule has 0 saturated carbocycles. The number of sulfonamides is 1. The summed E-state index contributed by atoms with van der Waals surface area (Å²) in [6.07, 6.45) is 6.18. The maximum Gasteiger partial charge on any atom is 0.340 e. The lowest BCUT2D eigenvalue weighted by atomic mass is 10.3. The van der Waals surface area contributed by atoms with Crippen molar-refractivity contribution in [3.8, 4) is 12.3 Å². The van der Waals surface area contributed by atoms with E-state index in [1.165, 1.54) is 0 Å². The third-order valence-corrected chi connectivity index (χ3v) is 3.45. The molecule has 7 nitrogen and oxygen atoms in total. The van der Waals surface area contributed by atoms with Crippen LogP contribution in [0, 0.1) is 12.3 Å². The molecule has 0 saturated heterocycles. The van der Waals surface area contributed by atoms with Crippen LogP contribution in [-0.2, 0) is 10.0 Å². The maximum atomic E-state index is 11.8. The molecular weight excluding hydrogens is 246 g/mol. The molecule has 0 radical (unpaired) electrons. The van der Waals surface area contributed by atoms with Gasteiger partial charge >= 0.3 is 5.97 Å². The van der Waals surface area contributed by atoms with Crippen molar-refractivity contribution < 1.29 is 18.3 Å². The van der Waals surface area contributed by atoms with Crippen molar-refractivity contribution in [1.29, 1.82) is 0 Å². The Balaban J connectivity index is 3.02. The molecule has 0 aliphatic heterocycles. The molecule has 3 N–H and O–H groups in total. The normalized spacial score (nSPS) is 12.9. The molecule has 1 unspecified atom stereocenters. The minimum atomic E-state index is -3.96. The number of nitrogens with one attached hydrogen (secondary N) is 2. The molecule has 0 aliphatic rings. The molecule has 1 heterocycles. The fourth-order valence-corrected chi connectivity index (χ4v) is 2.51. The van der Waals surface area contributed by atoms with Crippen LogP contribution in [0.5, 0.6) is 0 Å². The molecule has 1 atom stereocenters. The van der Waals surface area contributed by atoms with E-state index in [1.807, 2.05) is 0 Å². The van der Waals surface area contributed by atoms with E-state index >= 15 is 0 Å². The van der Waals surface area contributed by atoms with Crippen LogP contribution in [0.25, 0.3) is 0 Å². The summed E-state index contributed by atoms with van der Waals surface area (Å²) >= 11 is 0. The number of aromatic amines is 1. The number of rotatable bonds is 5. The average Bonchev–Trinajstić information content (AvgIpc) is 2.65. The van der Waals surface area contributed by atoms with Gasteiger partial charge in [0.2, 0.25) is 0 Å². The molecule has 0 spiro atoms. The highest BCUT2D eigenvalue weighted by molar-refractivity contribution is 7.89. The van der Waals surface area contributed by atoms with Crippen molar-refractivity contribution in [3.63, 3.8) is 0 Å². The smallest absolute Gasteiger partial charge is 0.340 e. The Morgan fingerprint density at radius 3 is 2.94 bits per heavy atom. The van der Waals surface area contributed by atoms with Crippen molar-refractivity contribution >= 4 is 16.0 Å². The zero-order chi connectivity index (χ0) is 13.1. The third-order valence-electron chi connectivity index (χ3n) is 1.88. The first kappa shape index (κ1) is 13.2. The summed E-state index contributed by atoms with van der Waals surface area (Å²) < 4.78 is 25.8. The molecule has 1 aromatic heterocycles. The van der Waals surface area contributed by atoms with Gasteiger partial charge < -0.3 is 5.11 Å². The van der Waals surface area contributed by atoms with E-state index in [4.69, 9.17) is 11.5 Å². The Kier molecular flexibility index (Phi) is 3.88. The molecular formula is C9H11N3O4S. The summed E-state index contributed by atoms with van der Waals surface area (Å²) in [7, 11) is -3.96. The fraction of sp³-hybridized carbons (Fsp3) is 0.333. The minimum Gasteiger partial charge on any atom is -0.478 e. The number of nitrogens with zero attached hydrogens (tertiary/aromatic N) is 1. The number of aromatic carboxylic acids is 1. The number of carbonyl (C=O) groups is 1. The zero-order valence-corrected chi connectivity index (χ0v) is 9.78. The second-order valence-corrected chi connectivity index (χ2v) is 5.00. The van der Waals surface area contributed by atoms with Gasteiger partial charge in [-0.05, 0) is 6.92 Å². The first-order valence-electron chi connectivity index (χ1n) is 4.61. The minimum absolute atomic E-state index is 0.204. The van der Waals surface area contributed by atoms with Gasteiger partial charge in [0.1, 0.15) is 5.56 Å². The Labute approximate surface area is 98.3 Å². The Morgan fingerprint density at radius 1 is 1.76 bits per heavy atom. The molecule has 0 aliphatic carbocycles. The van der Waals surface area contributed by atoms with Crippen LogP contribution in [0.1, 0.15) is 23.7 Å². The number of hydrogen-bond donors (Lipinski definition) is 3. The third kappa shape index (κ3) is 3.05. The quantitative estimate of drug-likeness (QED) is 0.632. The fourth-order valence-electron chi connectivity index (χ4n) is 1.17. The van der Waals surface area contributed by atoms with Gasteiger partial charge in [-0.2, -0.15) is 5.10 Å². The van der Waals surface area contributed by atoms with Crippen LogP contribution in [-0.4, -0.2) is 35.7 Å². The number of aromatic nitrogens is 2. The highest BCUT2D eigenvalue weighted by Crippen LogP contribution is 2.12. The molecule has 17 heavy (non-hydrogen) atoms. The van der Waals surface area contributed by atoms with Gasteiger partial charge in [0.25, 0.3) is 10.0 Å². The Morgan fingerprint density at radius 2 is 2.41 bits per heavy atom. The van der Waals surface area contributed by atoms with E-state index in [0.29, 0.717) is 0 Å². The van der Waals surface area contributed by atoms with E-state index in [2.05, 4.69) is 20.8 Å².